The van der Waals surface area contributed by atoms with Crippen molar-refractivity contribution < 1.29 is 40.3 Å². The number of halogens is 7. The van der Waals surface area contributed by atoms with Crippen LogP contribution in [0.15, 0.2) is 77.9 Å². The molecule has 0 spiro atoms. The second-order valence-corrected chi connectivity index (χ2v) is 12.3. The van der Waals surface area contributed by atoms with E-state index in [2.05, 4.69) is 15.0 Å². The van der Waals surface area contributed by atoms with Gasteiger partial charge in [0, 0.05) is 30.3 Å². The normalized spacial score (nSPS) is 17.7. The minimum atomic E-state index is -4.91. The summed E-state index contributed by atoms with van der Waals surface area (Å²) in [5, 5.41) is 0. The van der Waals surface area contributed by atoms with Crippen LogP contribution in [-0.2, 0) is 36.1 Å². The van der Waals surface area contributed by atoms with Gasteiger partial charge in [0.15, 0.2) is 17.3 Å². The highest BCUT2D eigenvalue weighted by atomic mass is 19.4. The summed E-state index contributed by atoms with van der Waals surface area (Å²) >= 11 is 0. The van der Waals surface area contributed by atoms with Gasteiger partial charge in [-0.25, -0.2) is 19.4 Å². The fourth-order valence-electron chi connectivity index (χ4n) is 6.24. The Bertz CT molecular complexity index is 1990. The molecule has 1 atom stereocenters. The fraction of sp³-hybridized carbons (Fsp3) is 0.286. The highest BCUT2D eigenvalue weighted by Gasteiger charge is 2.49. The van der Waals surface area contributed by atoms with E-state index in [-0.39, 0.29) is 24.2 Å². The van der Waals surface area contributed by atoms with Crippen molar-refractivity contribution in [1.82, 2.24) is 19.8 Å². The van der Waals surface area contributed by atoms with Crippen LogP contribution in [0.3, 0.4) is 0 Å². The van der Waals surface area contributed by atoms with Gasteiger partial charge in [-0.1, -0.05) is 42.0 Å². The zero-order chi connectivity index (χ0) is 36.0. The van der Waals surface area contributed by atoms with Crippen molar-refractivity contribution in [3.63, 3.8) is 0 Å². The summed E-state index contributed by atoms with van der Waals surface area (Å²) in [7, 11) is 0. The van der Waals surface area contributed by atoms with E-state index in [1.165, 1.54) is 23.2 Å². The van der Waals surface area contributed by atoms with E-state index >= 15 is 0 Å². The van der Waals surface area contributed by atoms with E-state index in [9.17, 15) is 40.3 Å². The third-order valence-corrected chi connectivity index (χ3v) is 8.68. The maximum Gasteiger partial charge on any atom is 0.417 e. The van der Waals surface area contributed by atoms with Crippen LogP contribution in [0.2, 0.25) is 0 Å². The molecule has 2 aliphatic rings. The van der Waals surface area contributed by atoms with Crippen LogP contribution in [0.25, 0.3) is 11.4 Å². The molecular formula is C35H29F7N6O2. The first kappa shape index (κ1) is 34.5. The number of amides is 2. The largest absolute Gasteiger partial charge is 0.417 e. The van der Waals surface area contributed by atoms with Gasteiger partial charge in [-0.15, -0.1) is 0 Å². The lowest BCUT2D eigenvalue weighted by molar-refractivity contribution is -0.139. The number of aryl methyl sites for hydroxylation is 1. The van der Waals surface area contributed by atoms with Crippen LogP contribution in [0.1, 0.15) is 63.1 Å². The number of hydrogen-bond acceptors (Lipinski definition) is 6. The standard InChI is InChI=1S/C35H29F7N6O2/c1-20-4-2-5-22(14-20)29-44-16-23-18-47(19-28(23)45-29)30(49)26-15-21(6-11-27(26)35(40,41)42)17-48-31(50)33(46-32(48)43,12-3-13-34(37,38)39)24-7-9-25(36)10-8-24/h2,4-11,14-16H,3,12-13,17-19H2,1H3,(H2,43,46)/t33-/m1/s1. The van der Waals surface area contributed by atoms with Crippen LogP contribution in [0.4, 0.5) is 30.7 Å². The molecule has 2 N–H and O–H groups in total. The predicted octanol–water partition coefficient (Wildman–Crippen LogP) is 7.05. The number of carbonyl (C=O) groups excluding carboxylic acids is 2. The lowest BCUT2D eigenvalue weighted by Crippen LogP contribution is -2.42. The maximum atomic E-state index is 14.2. The summed E-state index contributed by atoms with van der Waals surface area (Å²) in [5.41, 5.74) is 5.29. The Morgan fingerprint density at radius 2 is 1.72 bits per heavy atom. The number of guanidine groups is 1. The highest BCUT2D eigenvalue weighted by Crippen LogP contribution is 2.40. The van der Waals surface area contributed by atoms with Gasteiger partial charge in [0.25, 0.3) is 11.8 Å². The zero-order valence-corrected chi connectivity index (χ0v) is 26.4. The molecule has 260 valence electrons. The zero-order valence-electron chi connectivity index (χ0n) is 26.4. The van der Waals surface area contributed by atoms with Crippen molar-refractivity contribution in [2.75, 3.05) is 0 Å². The predicted molar refractivity (Wildman–Crippen MR) is 167 cm³/mol. The number of hydrogen-bond donors (Lipinski definition) is 1. The summed E-state index contributed by atoms with van der Waals surface area (Å²) < 4.78 is 95.5. The Balaban J connectivity index is 1.27. The van der Waals surface area contributed by atoms with Gasteiger partial charge >= 0.3 is 12.4 Å². The Morgan fingerprint density at radius 1 is 0.980 bits per heavy atom. The summed E-state index contributed by atoms with van der Waals surface area (Å²) in [5.74, 6) is -2.41. The Morgan fingerprint density at radius 3 is 2.40 bits per heavy atom. The second-order valence-electron chi connectivity index (χ2n) is 12.3. The molecule has 4 aromatic rings. The van der Waals surface area contributed by atoms with Crippen LogP contribution < -0.4 is 5.73 Å². The molecule has 0 saturated heterocycles. The number of alkyl halides is 6. The lowest BCUT2D eigenvalue weighted by atomic mass is 9.84. The molecule has 0 aliphatic carbocycles. The van der Waals surface area contributed by atoms with Gasteiger partial charge in [-0.2, -0.15) is 26.3 Å². The van der Waals surface area contributed by atoms with E-state index in [1.54, 1.807) is 0 Å². The summed E-state index contributed by atoms with van der Waals surface area (Å²) in [6.45, 7) is 1.36. The third kappa shape index (κ3) is 6.89. The van der Waals surface area contributed by atoms with Crippen molar-refractivity contribution in [2.24, 2.45) is 10.7 Å². The molecule has 0 radical (unpaired) electrons. The molecule has 0 bridgehead atoms. The molecule has 8 nitrogen and oxygen atoms in total. The molecule has 0 saturated carbocycles. The molecule has 1 aromatic heterocycles. The topological polar surface area (TPSA) is 105 Å². The first-order valence-corrected chi connectivity index (χ1v) is 15.5. The number of rotatable bonds is 8. The molecule has 3 aromatic carbocycles. The van der Waals surface area contributed by atoms with Crippen molar-refractivity contribution in [1.29, 1.82) is 0 Å². The van der Waals surface area contributed by atoms with Gasteiger partial charge in [0.05, 0.1) is 29.9 Å². The van der Waals surface area contributed by atoms with Crippen molar-refractivity contribution in [3.05, 3.63) is 118 Å². The molecule has 0 unspecified atom stereocenters. The molecule has 50 heavy (non-hydrogen) atoms. The molecule has 2 aliphatic heterocycles. The average Bonchev–Trinajstić information content (AvgIpc) is 3.58. The van der Waals surface area contributed by atoms with E-state index in [4.69, 9.17) is 5.73 Å². The number of fused-ring (bicyclic) bond motifs is 1. The van der Waals surface area contributed by atoms with Crippen molar-refractivity contribution in [3.8, 4) is 11.4 Å². The summed E-state index contributed by atoms with van der Waals surface area (Å²) in [6.07, 6.45) is -10.0. The minimum absolute atomic E-state index is 0.0356. The fourth-order valence-corrected chi connectivity index (χ4v) is 6.24. The van der Waals surface area contributed by atoms with Gasteiger partial charge < -0.3 is 10.6 Å². The van der Waals surface area contributed by atoms with Gasteiger partial charge in [-0.3, -0.25) is 14.5 Å². The lowest BCUT2D eigenvalue weighted by Gasteiger charge is -2.27. The summed E-state index contributed by atoms with van der Waals surface area (Å²) in [6, 6.07) is 14.8. The first-order valence-electron chi connectivity index (χ1n) is 15.5. The van der Waals surface area contributed by atoms with E-state index < -0.39 is 78.4 Å². The monoisotopic (exact) mass is 698 g/mol. The van der Waals surface area contributed by atoms with Gasteiger partial charge in [-0.05, 0) is 61.2 Å². The quantitative estimate of drug-likeness (QED) is 0.199. The van der Waals surface area contributed by atoms with Crippen molar-refractivity contribution in [2.45, 2.75) is 63.7 Å². The number of benzene rings is 3. The Kier molecular flexibility index (Phi) is 8.87. The molecule has 2 amide bonds. The Labute approximate surface area is 281 Å². The molecule has 6 rings (SSSR count). The smallest absolute Gasteiger partial charge is 0.369 e. The third-order valence-electron chi connectivity index (χ3n) is 8.68. The highest BCUT2D eigenvalue weighted by molar-refractivity contribution is 6.07. The number of aliphatic imine (C=N–C) groups is 1. The second kappa shape index (κ2) is 12.8. The van der Waals surface area contributed by atoms with Crippen molar-refractivity contribution >= 4 is 17.8 Å². The SMILES string of the molecule is Cc1cccc(-c2ncc3c(n2)CN(C(=O)c2cc(CN4C(=O)[C@@](CCCC(F)(F)F)(c5ccc(F)cc5)N=C4N)ccc2C(F)(F)F)C3)c1. The first-order chi connectivity index (χ1) is 23.5. The number of nitrogens with two attached hydrogens (primary N) is 1. The van der Waals surface area contributed by atoms with E-state index in [0.717, 1.165) is 46.4 Å². The molecule has 15 heteroatoms. The number of carbonyl (C=O) groups is 2. The maximum absolute atomic E-state index is 14.2. The molecule has 3 heterocycles. The average molecular weight is 699 g/mol. The number of nitrogens with zero attached hydrogens (tertiary/aromatic N) is 5. The summed E-state index contributed by atoms with van der Waals surface area (Å²) in [4.78, 5) is 43.0. The Hall–Kier alpha value is -5.34. The van der Waals surface area contributed by atoms with Gasteiger partial charge in [0.1, 0.15) is 5.82 Å². The van der Waals surface area contributed by atoms with E-state index in [1.807, 2.05) is 31.2 Å². The van der Waals surface area contributed by atoms with Crippen LogP contribution in [0, 0.1) is 12.7 Å². The van der Waals surface area contributed by atoms with Crippen LogP contribution in [0.5, 0.6) is 0 Å². The number of aromatic nitrogens is 2. The van der Waals surface area contributed by atoms with Crippen LogP contribution >= 0.6 is 0 Å². The molecular weight excluding hydrogens is 669 g/mol. The van der Waals surface area contributed by atoms with E-state index in [0.29, 0.717) is 17.1 Å². The van der Waals surface area contributed by atoms with Gasteiger partial charge in [0.2, 0.25) is 0 Å². The minimum Gasteiger partial charge on any atom is -0.369 e. The van der Waals surface area contributed by atoms with Crippen LogP contribution in [-0.4, -0.2) is 43.7 Å². The molecule has 0 fully saturated rings.